The van der Waals surface area contributed by atoms with Gasteiger partial charge in [0.15, 0.2) is 5.82 Å². The number of methoxy groups -OCH3 is 1. The van der Waals surface area contributed by atoms with E-state index < -0.39 is 5.82 Å². The lowest BCUT2D eigenvalue weighted by molar-refractivity contribution is 0.412. The highest BCUT2D eigenvalue weighted by atomic mass is 19.1. The van der Waals surface area contributed by atoms with E-state index in [1.165, 1.54) is 13.2 Å². The number of hydrogen-bond acceptors (Lipinski definition) is 5. The predicted octanol–water partition coefficient (Wildman–Crippen LogP) is 1.23. The SMILES string of the molecule is COc1cccc(F)c1-c1nnnn1CCCCN. The molecule has 0 aliphatic heterocycles. The van der Waals surface area contributed by atoms with Crippen molar-refractivity contribution in [2.75, 3.05) is 13.7 Å². The molecule has 2 rings (SSSR count). The van der Waals surface area contributed by atoms with Gasteiger partial charge in [-0.1, -0.05) is 6.07 Å². The van der Waals surface area contributed by atoms with Crippen LogP contribution in [0.3, 0.4) is 0 Å². The quantitative estimate of drug-likeness (QED) is 0.795. The molecule has 0 aliphatic carbocycles. The molecule has 0 fully saturated rings. The van der Waals surface area contributed by atoms with E-state index in [1.807, 2.05) is 0 Å². The number of nitrogens with two attached hydrogens (primary N) is 1. The second-order valence-electron chi connectivity index (χ2n) is 4.04. The fourth-order valence-corrected chi connectivity index (χ4v) is 1.83. The van der Waals surface area contributed by atoms with Crippen LogP contribution in [0.25, 0.3) is 11.4 Å². The van der Waals surface area contributed by atoms with E-state index >= 15 is 0 Å². The number of ether oxygens (including phenoxy) is 1. The van der Waals surface area contributed by atoms with Crippen molar-refractivity contribution in [2.45, 2.75) is 19.4 Å². The number of benzene rings is 1. The van der Waals surface area contributed by atoms with Crippen molar-refractivity contribution in [3.63, 3.8) is 0 Å². The Bertz CT molecular complexity index is 543. The molecule has 0 aliphatic rings. The Kier molecular flexibility index (Phi) is 4.40. The van der Waals surface area contributed by atoms with Gasteiger partial charge >= 0.3 is 0 Å². The summed E-state index contributed by atoms with van der Waals surface area (Å²) >= 11 is 0. The zero-order valence-electron chi connectivity index (χ0n) is 10.7. The lowest BCUT2D eigenvalue weighted by Gasteiger charge is -2.09. The van der Waals surface area contributed by atoms with E-state index in [1.54, 1.807) is 16.8 Å². The zero-order chi connectivity index (χ0) is 13.7. The maximum Gasteiger partial charge on any atom is 0.188 e. The number of halogens is 1. The van der Waals surface area contributed by atoms with Crippen LogP contribution in [-0.4, -0.2) is 33.9 Å². The molecular formula is C12H16FN5O. The van der Waals surface area contributed by atoms with Crippen LogP contribution in [0.1, 0.15) is 12.8 Å². The molecule has 6 nitrogen and oxygen atoms in total. The van der Waals surface area contributed by atoms with Gasteiger partial charge < -0.3 is 10.5 Å². The minimum absolute atomic E-state index is 0.280. The standard InChI is InChI=1S/C12H16FN5O/c1-19-10-6-4-5-9(13)11(10)12-15-16-17-18(12)8-3-2-7-14/h4-6H,2-3,7-8,14H2,1H3. The first-order valence-electron chi connectivity index (χ1n) is 6.07. The highest BCUT2D eigenvalue weighted by Gasteiger charge is 2.18. The Hall–Kier alpha value is -2.02. The Balaban J connectivity index is 2.34. The molecule has 7 heteroatoms. The number of unbranched alkanes of at least 4 members (excludes halogenated alkanes) is 1. The maximum absolute atomic E-state index is 14.0. The Morgan fingerprint density at radius 1 is 1.37 bits per heavy atom. The van der Waals surface area contributed by atoms with Crippen LogP contribution in [-0.2, 0) is 6.54 Å². The van der Waals surface area contributed by atoms with Gasteiger partial charge in [0.25, 0.3) is 0 Å². The van der Waals surface area contributed by atoms with Crippen LogP contribution < -0.4 is 10.5 Å². The fourth-order valence-electron chi connectivity index (χ4n) is 1.83. The number of nitrogens with zero attached hydrogens (tertiary/aromatic N) is 4. The van der Waals surface area contributed by atoms with Gasteiger partial charge in [-0.3, -0.25) is 0 Å². The summed E-state index contributed by atoms with van der Waals surface area (Å²) < 4.78 is 20.7. The van der Waals surface area contributed by atoms with Gasteiger partial charge in [0, 0.05) is 6.54 Å². The molecule has 19 heavy (non-hydrogen) atoms. The Morgan fingerprint density at radius 2 is 2.21 bits per heavy atom. The molecular weight excluding hydrogens is 249 g/mol. The van der Waals surface area contributed by atoms with Gasteiger partial charge in [0.1, 0.15) is 11.6 Å². The van der Waals surface area contributed by atoms with Crippen molar-refractivity contribution in [1.29, 1.82) is 0 Å². The van der Waals surface area contributed by atoms with Crippen molar-refractivity contribution in [2.24, 2.45) is 5.73 Å². The molecule has 0 spiro atoms. The summed E-state index contributed by atoms with van der Waals surface area (Å²) in [5.74, 6) is 0.371. The van der Waals surface area contributed by atoms with Crippen LogP contribution in [0.4, 0.5) is 4.39 Å². The summed E-state index contributed by atoms with van der Waals surface area (Å²) in [6.07, 6.45) is 1.71. The normalized spacial score (nSPS) is 10.7. The van der Waals surface area contributed by atoms with Crippen LogP contribution in [0, 0.1) is 5.82 Å². The second-order valence-corrected chi connectivity index (χ2v) is 4.04. The van der Waals surface area contributed by atoms with E-state index in [0.717, 1.165) is 12.8 Å². The third kappa shape index (κ3) is 2.87. The second kappa shape index (κ2) is 6.24. The third-order valence-electron chi connectivity index (χ3n) is 2.77. The largest absolute Gasteiger partial charge is 0.496 e. The fraction of sp³-hybridized carbons (Fsp3) is 0.417. The molecule has 0 unspecified atom stereocenters. The molecule has 1 aromatic heterocycles. The highest BCUT2D eigenvalue weighted by Crippen LogP contribution is 2.30. The van der Waals surface area contributed by atoms with E-state index in [9.17, 15) is 4.39 Å². The molecule has 102 valence electrons. The summed E-state index contributed by atoms with van der Waals surface area (Å²) in [7, 11) is 1.49. The molecule has 1 aromatic carbocycles. The lowest BCUT2D eigenvalue weighted by Crippen LogP contribution is -2.07. The topological polar surface area (TPSA) is 78.9 Å². The van der Waals surface area contributed by atoms with Crippen LogP contribution in [0.15, 0.2) is 18.2 Å². The van der Waals surface area contributed by atoms with Gasteiger partial charge in [0.2, 0.25) is 0 Å². The first-order chi connectivity index (χ1) is 9.27. The summed E-state index contributed by atoms with van der Waals surface area (Å²) in [5, 5.41) is 11.4. The molecule has 2 aromatic rings. The molecule has 0 saturated heterocycles. The Morgan fingerprint density at radius 3 is 2.95 bits per heavy atom. The van der Waals surface area contributed by atoms with Crippen LogP contribution in [0.5, 0.6) is 5.75 Å². The number of hydrogen-bond donors (Lipinski definition) is 1. The smallest absolute Gasteiger partial charge is 0.188 e. The average molecular weight is 265 g/mol. The zero-order valence-corrected chi connectivity index (χ0v) is 10.7. The molecule has 1 heterocycles. The molecule has 0 saturated carbocycles. The van der Waals surface area contributed by atoms with Crippen molar-refractivity contribution in [3.8, 4) is 17.1 Å². The first-order valence-corrected chi connectivity index (χ1v) is 6.07. The van der Waals surface area contributed by atoms with Crippen molar-refractivity contribution >= 4 is 0 Å². The van der Waals surface area contributed by atoms with Crippen molar-refractivity contribution in [3.05, 3.63) is 24.0 Å². The average Bonchev–Trinajstić information content (AvgIpc) is 2.87. The molecule has 0 radical (unpaired) electrons. The van der Waals surface area contributed by atoms with E-state index in [2.05, 4.69) is 15.5 Å². The molecule has 0 amide bonds. The summed E-state index contributed by atoms with van der Waals surface area (Å²) in [6.45, 7) is 1.21. The van der Waals surface area contributed by atoms with E-state index in [4.69, 9.17) is 10.5 Å². The Labute approximate surface area is 110 Å². The molecule has 2 N–H and O–H groups in total. The minimum Gasteiger partial charge on any atom is -0.496 e. The van der Waals surface area contributed by atoms with E-state index in [-0.39, 0.29) is 5.56 Å². The summed E-state index contributed by atoms with van der Waals surface area (Å²) in [4.78, 5) is 0. The minimum atomic E-state index is -0.408. The number of tetrazole rings is 1. The van der Waals surface area contributed by atoms with Gasteiger partial charge in [-0.15, -0.1) is 5.10 Å². The first kappa shape index (κ1) is 13.4. The lowest BCUT2D eigenvalue weighted by atomic mass is 10.1. The molecule has 0 bridgehead atoms. The summed E-state index contributed by atoms with van der Waals surface area (Å²) in [6, 6.07) is 4.62. The number of aryl methyl sites for hydroxylation is 1. The number of rotatable bonds is 6. The number of aromatic nitrogens is 4. The summed E-state index contributed by atoms with van der Waals surface area (Å²) in [5.41, 5.74) is 5.73. The van der Waals surface area contributed by atoms with Crippen molar-refractivity contribution < 1.29 is 9.13 Å². The van der Waals surface area contributed by atoms with Crippen LogP contribution in [0.2, 0.25) is 0 Å². The molecule has 0 atom stereocenters. The predicted molar refractivity (Wildman–Crippen MR) is 68.1 cm³/mol. The van der Waals surface area contributed by atoms with Gasteiger partial charge in [-0.05, 0) is 41.9 Å². The van der Waals surface area contributed by atoms with Crippen LogP contribution >= 0.6 is 0 Å². The van der Waals surface area contributed by atoms with Gasteiger partial charge in [-0.25, -0.2) is 9.07 Å². The van der Waals surface area contributed by atoms with Crippen molar-refractivity contribution in [1.82, 2.24) is 20.2 Å². The highest BCUT2D eigenvalue weighted by molar-refractivity contribution is 5.64. The monoisotopic (exact) mass is 265 g/mol. The van der Waals surface area contributed by atoms with E-state index in [0.29, 0.717) is 24.7 Å². The van der Waals surface area contributed by atoms with Gasteiger partial charge in [0.05, 0.1) is 12.7 Å². The third-order valence-corrected chi connectivity index (χ3v) is 2.77. The maximum atomic E-state index is 14.0. The van der Waals surface area contributed by atoms with Gasteiger partial charge in [-0.2, -0.15) is 0 Å².